The van der Waals surface area contributed by atoms with Gasteiger partial charge in [-0.25, -0.2) is 0 Å². The third-order valence-corrected chi connectivity index (χ3v) is 3.58. The van der Waals surface area contributed by atoms with Crippen LogP contribution in [-0.2, 0) is 12.8 Å². The van der Waals surface area contributed by atoms with Gasteiger partial charge < -0.3 is 9.47 Å². The number of hydrogen-bond acceptors (Lipinski definition) is 3. The molecule has 0 radical (unpaired) electrons. The Labute approximate surface area is 120 Å². The smallest absolute Gasteiger partial charge is 0.161 e. The number of aryl methyl sites for hydroxylation is 2. The highest BCUT2D eigenvalue weighted by Crippen LogP contribution is 2.34. The predicted molar refractivity (Wildman–Crippen MR) is 82.8 cm³/mol. The first kappa shape index (κ1) is 14.6. The molecule has 0 N–H and O–H groups in total. The zero-order chi connectivity index (χ0) is 14.5. The maximum absolute atomic E-state index is 5.43. The van der Waals surface area contributed by atoms with Gasteiger partial charge in [0.1, 0.15) is 0 Å². The van der Waals surface area contributed by atoms with Gasteiger partial charge in [0.05, 0.1) is 14.2 Å². The highest BCUT2D eigenvalue weighted by Gasteiger charge is 2.12. The van der Waals surface area contributed by atoms with Gasteiger partial charge in [-0.2, -0.15) is 0 Å². The summed E-state index contributed by atoms with van der Waals surface area (Å²) in [5, 5.41) is 2.36. The average Bonchev–Trinajstić information content (AvgIpc) is 2.48. The molecule has 1 heterocycles. The van der Waals surface area contributed by atoms with Crippen LogP contribution in [0.25, 0.3) is 10.8 Å². The Morgan fingerprint density at radius 3 is 2.20 bits per heavy atom. The summed E-state index contributed by atoms with van der Waals surface area (Å²) in [6.45, 7) is 4.39. The van der Waals surface area contributed by atoms with Crippen LogP contribution in [0.4, 0.5) is 0 Å². The highest BCUT2D eigenvalue weighted by atomic mass is 16.5. The zero-order valence-corrected chi connectivity index (χ0v) is 12.8. The number of methoxy groups -OCH3 is 2. The second-order valence-electron chi connectivity index (χ2n) is 4.98. The molecule has 2 aromatic rings. The predicted octanol–water partition coefficient (Wildman–Crippen LogP) is 4.16. The number of ether oxygens (including phenoxy) is 2. The second kappa shape index (κ2) is 6.60. The van der Waals surface area contributed by atoms with Crippen LogP contribution >= 0.6 is 0 Å². The summed E-state index contributed by atoms with van der Waals surface area (Å²) < 4.78 is 10.8. The van der Waals surface area contributed by atoms with E-state index in [1.807, 2.05) is 12.3 Å². The minimum absolute atomic E-state index is 0.757. The molecular formula is C17H23NO2. The average molecular weight is 273 g/mol. The van der Waals surface area contributed by atoms with Gasteiger partial charge in [0.2, 0.25) is 0 Å². The number of rotatable bonds is 6. The van der Waals surface area contributed by atoms with Crippen LogP contribution in [0.5, 0.6) is 11.5 Å². The zero-order valence-electron chi connectivity index (χ0n) is 12.8. The minimum Gasteiger partial charge on any atom is -0.493 e. The number of hydrogen-bond donors (Lipinski definition) is 0. The van der Waals surface area contributed by atoms with Crippen LogP contribution in [0.2, 0.25) is 0 Å². The first-order valence-electron chi connectivity index (χ1n) is 7.27. The normalized spacial score (nSPS) is 10.8. The van der Waals surface area contributed by atoms with Crippen molar-refractivity contribution in [3.63, 3.8) is 0 Å². The molecule has 1 aromatic heterocycles. The molecule has 3 nitrogen and oxygen atoms in total. The van der Waals surface area contributed by atoms with Gasteiger partial charge in [-0.15, -0.1) is 0 Å². The van der Waals surface area contributed by atoms with Crippen molar-refractivity contribution in [2.24, 2.45) is 0 Å². The van der Waals surface area contributed by atoms with Crippen LogP contribution < -0.4 is 9.47 Å². The second-order valence-corrected chi connectivity index (χ2v) is 4.98. The molecule has 0 unspecified atom stereocenters. The van der Waals surface area contributed by atoms with Crippen molar-refractivity contribution in [3.8, 4) is 11.5 Å². The summed E-state index contributed by atoms with van der Waals surface area (Å²) >= 11 is 0. The number of aromatic nitrogens is 1. The van der Waals surface area contributed by atoms with Crippen LogP contribution in [0.3, 0.4) is 0 Å². The summed E-state index contributed by atoms with van der Waals surface area (Å²) in [4.78, 5) is 4.65. The van der Waals surface area contributed by atoms with E-state index < -0.39 is 0 Å². The van der Waals surface area contributed by atoms with E-state index in [0.717, 1.165) is 42.6 Å². The van der Waals surface area contributed by atoms with Crippen LogP contribution in [0.1, 0.15) is 37.9 Å². The largest absolute Gasteiger partial charge is 0.493 e. The Balaban J connectivity index is 2.67. The van der Waals surface area contributed by atoms with Gasteiger partial charge >= 0.3 is 0 Å². The number of benzene rings is 1. The molecule has 1 aromatic carbocycles. The molecule has 0 saturated heterocycles. The highest BCUT2D eigenvalue weighted by molar-refractivity contribution is 5.89. The monoisotopic (exact) mass is 273 g/mol. The van der Waals surface area contributed by atoms with Crippen molar-refractivity contribution in [3.05, 3.63) is 29.6 Å². The molecule has 0 aliphatic rings. The molecule has 0 bridgehead atoms. The lowest BCUT2D eigenvalue weighted by atomic mass is 9.98. The summed E-state index contributed by atoms with van der Waals surface area (Å²) in [7, 11) is 3.34. The fourth-order valence-corrected chi connectivity index (χ4v) is 2.62. The Morgan fingerprint density at radius 1 is 0.950 bits per heavy atom. The molecule has 0 saturated carbocycles. The summed E-state index contributed by atoms with van der Waals surface area (Å²) in [6, 6.07) is 4.09. The van der Waals surface area contributed by atoms with Gasteiger partial charge in [0.25, 0.3) is 0 Å². The van der Waals surface area contributed by atoms with Crippen molar-refractivity contribution >= 4 is 10.8 Å². The maximum Gasteiger partial charge on any atom is 0.161 e. The minimum atomic E-state index is 0.757. The lowest BCUT2D eigenvalue weighted by Crippen LogP contribution is -2.00. The molecule has 2 rings (SSSR count). The molecular weight excluding hydrogens is 250 g/mol. The van der Waals surface area contributed by atoms with E-state index >= 15 is 0 Å². The molecule has 0 fully saturated rings. The lowest BCUT2D eigenvalue weighted by Gasteiger charge is -2.14. The molecule has 0 aliphatic carbocycles. The first-order chi connectivity index (χ1) is 9.74. The van der Waals surface area contributed by atoms with E-state index in [4.69, 9.17) is 9.47 Å². The lowest BCUT2D eigenvalue weighted by molar-refractivity contribution is 0.356. The standard InChI is InChI=1S/C17H23NO2/c1-5-7-13-14-10-17(20-4)16(19-3)9-12(14)11-18-15(13)8-6-2/h9-11H,5-8H2,1-4H3. The van der Waals surface area contributed by atoms with Crippen LogP contribution in [0, 0.1) is 0 Å². The van der Waals surface area contributed by atoms with Crippen molar-refractivity contribution in [1.82, 2.24) is 4.98 Å². The number of nitrogens with zero attached hydrogens (tertiary/aromatic N) is 1. The summed E-state index contributed by atoms with van der Waals surface area (Å²) in [5.41, 5.74) is 2.57. The Morgan fingerprint density at radius 2 is 1.60 bits per heavy atom. The molecule has 0 aliphatic heterocycles. The third-order valence-electron chi connectivity index (χ3n) is 3.58. The van der Waals surface area contributed by atoms with Crippen molar-refractivity contribution < 1.29 is 9.47 Å². The van der Waals surface area contributed by atoms with E-state index in [9.17, 15) is 0 Å². The van der Waals surface area contributed by atoms with Gasteiger partial charge in [-0.3, -0.25) is 4.98 Å². The van der Waals surface area contributed by atoms with Crippen molar-refractivity contribution in [2.45, 2.75) is 39.5 Å². The van der Waals surface area contributed by atoms with Crippen LogP contribution in [-0.4, -0.2) is 19.2 Å². The summed E-state index contributed by atoms with van der Waals surface area (Å²) in [6.07, 6.45) is 6.25. The molecule has 0 atom stereocenters. The summed E-state index contributed by atoms with van der Waals surface area (Å²) in [5.74, 6) is 1.54. The molecule has 0 amide bonds. The Hall–Kier alpha value is -1.77. The number of pyridine rings is 1. The van der Waals surface area contributed by atoms with Crippen molar-refractivity contribution in [1.29, 1.82) is 0 Å². The van der Waals surface area contributed by atoms with Gasteiger partial charge in [-0.1, -0.05) is 26.7 Å². The maximum atomic E-state index is 5.43. The third kappa shape index (κ3) is 2.72. The van der Waals surface area contributed by atoms with E-state index in [0.29, 0.717) is 0 Å². The Bertz CT molecular complexity index is 593. The van der Waals surface area contributed by atoms with E-state index in [1.165, 1.54) is 16.6 Å². The van der Waals surface area contributed by atoms with Crippen LogP contribution in [0.15, 0.2) is 18.3 Å². The Kier molecular flexibility index (Phi) is 4.83. The molecule has 0 spiro atoms. The molecule has 20 heavy (non-hydrogen) atoms. The van der Waals surface area contributed by atoms with Crippen molar-refractivity contribution in [2.75, 3.05) is 14.2 Å². The van der Waals surface area contributed by atoms with E-state index in [2.05, 4.69) is 24.9 Å². The van der Waals surface area contributed by atoms with Gasteiger partial charge in [-0.05, 0) is 35.9 Å². The molecule has 3 heteroatoms. The molecule has 108 valence electrons. The van der Waals surface area contributed by atoms with Gasteiger partial charge in [0, 0.05) is 17.3 Å². The first-order valence-corrected chi connectivity index (χ1v) is 7.27. The fraction of sp³-hybridized carbons (Fsp3) is 0.471. The SMILES string of the molecule is CCCc1ncc2cc(OC)c(OC)cc2c1CCC. The van der Waals surface area contributed by atoms with Gasteiger partial charge in [0.15, 0.2) is 11.5 Å². The quantitative estimate of drug-likeness (QED) is 0.792. The topological polar surface area (TPSA) is 31.4 Å². The van der Waals surface area contributed by atoms with E-state index in [-0.39, 0.29) is 0 Å². The van der Waals surface area contributed by atoms with E-state index in [1.54, 1.807) is 14.2 Å². The number of fused-ring (bicyclic) bond motifs is 1. The fourth-order valence-electron chi connectivity index (χ4n) is 2.62.